The Bertz CT molecular complexity index is 468. The van der Waals surface area contributed by atoms with Gasteiger partial charge in [0.05, 0.1) is 20.4 Å². The first-order valence-electron chi connectivity index (χ1n) is 4.70. The van der Waals surface area contributed by atoms with E-state index in [1.165, 1.54) is 16.4 Å². The molecule has 3 N–H and O–H groups in total. The van der Waals surface area contributed by atoms with Crippen LogP contribution in [0.5, 0.6) is 0 Å². The Balaban J connectivity index is 2.15. The molecule has 0 bridgehead atoms. The van der Waals surface area contributed by atoms with E-state index in [0.29, 0.717) is 0 Å². The molecule has 2 rings (SSSR count). The Kier molecular flexibility index (Phi) is 4.04. The van der Waals surface area contributed by atoms with Gasteiger partial charge in [0.1, 0.15) is 0 Å². The number of nitrogens with two attached hydrogens (primary N) is 1. The Hall–Kier alpha value is -0.340. The molecule has 0 saturated carbocycles. The van der Waals surface area contributed by atoms with Crippen molar-refractivity contribution in [3.8, 4) is 0 Å². The number of nitrogens with one attached hydrogen (secondary N) is 1. The topological polar surface area (TPSA) is 63.8 Å². The van der Waals surface area contributed by atoms with Crippen LogP contribution in [0.3, 0.4) is 0 Å². The molecule has 4 nitrogen and oxygen atoms in total. The van der Waals surface area contributed by atoms with Gasteiger partial charge in [-0.1, -0.05) is 4.49 Å². The molecule has 2 heterocycles. The van der Waals surface area contributed by atoms with E-state index in [9.17, 15) is 0 Å². The summed E-state index contributed by atoms with van der Waals surface area (Å²) in [4.78, 5) is 2.38. The molecule has 0 spiro atoms. The predicted octanol–water partition coefficient (Wildman–Crippen LogP) is 2.42. The highest BCUT2D eigenvalue weighted by Crippen LogP contribution is 2.28. The summed E-state index contributed by atoms with van der Waals surface area (Å²) in [6, 6.07) is 4.24. The van der Waals surface area contributed by atoms with Crippen LogP contribution in [0.4, 0.5) is 0 Å². The molecule has 16 heavy (non-hydrogen) atoms. The summed E-state index contributed by atoms with van der Waals surface area (Å²) < 4.78 is 5.06. The van der Waals surface area contributed by atoms with E-state index in [2.05, 4.69) is 37.0 Å². The summed E-state index contributed by atoms with van der Waals surface area (Å²) in [7, 11) is 0. The number of nitrogens with zero attached hydrogens (tertiary/aromatic N) is 2. The van der Waals surface area contributed by atoms with Crippen LogP contribution in [-0.4, -0.2) is 9.59 Å². The van der Waals surface area contributed by atoms with Gasteiger partial charge >= 0.3 is 0 Å². The van der Waals surface area contributed by atoms with Gasteiger partial charge in [0.15, 0.2) is 0 Å². The van der Waals surface area contributed by atoms with Crippen molar-refractivity contribution in [3.63, 3.8) is 0 Å². The number of halogens is 1. The standard InChI is InChI=1S/C9H11BrN4S2/c1-5-9(16-14-13-5)7(12-11)4-6-2-3-8(10)15-6/h2-3,7,12H,4,11H2,1H3. The Morgan fingerprint density at radius 2 is 2.38 bits per heavy atom. The van der Waals surface area contributed by atoms with Crippen molar-refractivity contribution in [2.75, 3.05) is 0 Å². The SMILES string of the molecule is Cc1nnsc1C(Cc1ccc(Br)s1)NN. The van der Waals surface area contributed by atoms with Gasteiger partial charge in [-0.25, -0.2) is 0 Å². The van der Waals surface area contributed by atoms with Crippen molar-refractivity contribution in [1.29, 1.82) is 0 Å². The van der Waals surface area contributed by atoms with Gasteiger partial charge in [-0.15, -0.1) is 16.4 Å². The molecular formula is C9H11BrN4S2. The van der Waals surface area contributed by atoms with E-state index in [-0.39, 0.29) is 6.04 Å². The molecule has 2 aromatic rings. The maximum atomic E-state index is 5.58. The molecule has 0 amide bonds. The fourth-order valence-corrected chi connectivity index (χ4v) is 3.68. The summed E-state index contributed by atoms with van der Waals surface area (Å²) in [5.41, 5.74) is 3.77. The predicted molar refractivity (Wildman–Crippen MR) is 70.4 cm³/mol. The first-order chi connectivity index (χ1) is 7.70. The zero-order valence-corrected chi connectivity index (χ0v) is 11.8. The van der Waals surface area contributed by atoms with Gasteiger partial charge in [0, 0.05) is 11.3 Å². The lowest BCUT2D eigenvalue weighted by molar-refractivity contribution is 0.561. The van der Waals surface area contributed by atoms with Gasteiger partial charge in [0.25, 0.3) is 0 Å². The number of hydrogen-bond acceptors (Lipinski definition) is 6. The third kappa shape index (κ3) is 2.67. The third-order valence-electron chi connectivity index (χ3n) is 2.24. The summed E-state index contributed by atoms with van der Waals surface area (Å²) in [6.45, 7) is 1.95. The Morgan fingerprint density at radius 3 is 2.88 bits per heavy atom. The largest absolute Gasteiger partial charge is 0.271 e. The molecule has 0 aliphatic rings. The van der Waals surface area contributed by atoms with Crippen molar-refractivity contribution in [2.24, 2.45) is 5.84 Å². The molecule has 0 aliphatic heterocycles. The van der Waals surface area contributed by atoms with Crippen molar-refractivity contribution >= 4 is 38.8 Å². The van der Waals surface area contributed by atoms with Crippen LogP contribution in [0.15, 0.2) is 15.9 Å². The van der Waals surface area contributed by atoms with Crippen molar-refractivity contribution < 1.29 is 0 Å². The van der Waals surface area contributed by atoms with Crippen molar-refractivity contribution in [2.45, 2.75) is 19.4 Å². The number of hydrogen-bond donors (Lipinski definition) is 2. The summed E-state index contributed by atoms with van der Waals surface area (Å²) in [5, 5.41) is 4.00. The van der Waals surface area contributed by atoms with Crippen LogP contribution in [0.25, 0.3) is 0 Å². The van der Waals surface area contributed by atoms with Gasteiger partial charge in [-0.05, 0) is 46.5 Å². The lowest BCUT2D eigenvalue weighted by Crippen LogP contribution is -2.29. The summed E-state index contributed by atoms with van der Waals surface area (Å²) >= 11 is 6.57. The molecule has 7 heteroatoms. The first kappa shape index (κ1) is 12.1. The van der Waals surface area contributed by atoms with Crippen LogP contribution in [0.2, 0.25) is 0 Å². The van der Waals surface area contributed by atoms with Gasteiger partial charge in [-0.3, -0.25) is 11.3 Å². The lowest BCUT2D eigenvalue weighted by Gasteiger charge is -2.12. The molecule has 0 aromatic carbocycles. The number of hydrazine groups is 1. The third-order valence-corrected chi connectivity index (χ3v) is 4.82. The fourth-order valence-electron chi connectivity index (χ4n) is 1.45. The van der Waals surface area contributed by atoms with Crippen LogP contribution in [-0.2, 0) is 6.42 Å². The highest BCUT2D eigenvalue weighted by molar-refractivity contribution is 9.11. The van der Waals surface area contributed by atoms with E-state index in [4.69, 9.17) is 5.84 Å². The molecular weight excluding hydrogens is 308 g/mol. The molecule has 2 aromatic heterocycles. The van der Waals surface area contributed by atoms with Crippen LogP contribution in [0, 0.1) is 6.92 Å². The highest BCUT2D eigenvalue weighted by atomic mass is 79.9. The monoisotopic (exact) mass is 318 g/mol. The average molecular weight is 319 g/mol. The van der Waals surface area contributed by atoms with E-state index in [0.717, 1.165) is 20.8 Å². The second kappa shape index (κ2) is 5.33. The zero-order valence-electron chi connectivity index (χ0n) is 8.61. The second-order valence-corrected chi connectivity index (χ2v) is 6.69. The Labute approximate surface area is 110 Å². The van der Waals surface area contributed by atoms with E-state index >= 15 is 0 Å². The van der Waals surface area contributed by atoms with Crippen molar-refractivity contribution in [3.05, 3.63) is 31.4 Å². The second-order valence-electron chi connectivity index (χ2n) is 3.35. The maximum absolute atomic E-state index is 5.58. The van der Waals surface area contributed by atoms with Crippen LogP contribution in [0.1, 0.15) is 21.5 Å². The maximum Gasteiger partial charge on any atom is 0.0773 e. The number of aryl methyl sites for hydroxylation is 1. The lowest BCUT2D eigenvalue weighted by atomic mass is 10.1. The van der Waals surface area contributed by atoms with Crippen molar-refractivity contribution in [1.82, 2.24) is 15.0 Å². The minimum Gasteiger partial charge on any atom is -0.271 e. The number of rotatable bonds is 4. The number of aromatic nitrogens is 2. The highest BCUT2D eigenvalue weighted by Gasteiger charge is 2.17. The quantitative estimate of drug-likeness (QED) is 0.671. The first-order valence-corrected chi connectivity index (χ1v) is 7.08. The minimum absolute atomic E-state index is 0.0885. The van der Waals surface area contributed by atoms with E-state index in [1.807, 2.05) is 13.0 Å². The summed E-state index contributed by atoms with van der Waals surface area (Å²) in [6.07, 6.45) is 0.859. The number of thiophene rings is 1. The molecule has 0 fully saturated rings. The van der Waals surface area contributed by atoms with Crippen LogP contribution < -0.4 is 11.3 Å². The zero-order chi connectivity index (χ0) is 11.5. The van der Waals surface area contributed by atoms with Gasteiger partial charge < -0.3 is 0 Å². The fraction of sp³-hybridized carbons (Fsp3) is 0.333. The van der Waals surface area contributed by atoms with Crippen LogP contribution >= 0.6 is 38.8 Å². The normalized spacial score (nSPS) is 12.9. The molecule has 1 atom stereocenters. The molecule has 86 valence electrons. The van der Waals surface area contributed by atoms with E-state index < -0.39 is 0 Å². The average Bonchev–Trinajstić information content (AvgIpc) is 2.84. The molecule has 0 aliphatic carbocycles. The molecule has 1 unspecified atom stereocenters. The Morgan fingerprint density at radius 1 is 1.56 bits per heavy atom. The smallest absolute Gasteiger partial charge is 0.0773 e. The summed E-state index contributed by atoms with van der Waals surface area (Å²) in [5.74, 6) is 5.58. The molecule has 0 radical (unpaired) electrons. The van der Waals surface area contributed by atoms with E-state index in [1.54, 1.807) is 11.3 Å². The van der Waals surface area contributed by atoms with Gasteiger partial charge in [0.2, 0.25) is 0 Å². The minimum atomic E-state index is 0.0885. The molecule has 0 saturated heterocycles. The van der Waals surface area contributed by atoms with Gasteiger partial charge in [-0.2, -0.15) is 0 Å².